The highest BCUT2D eigenvalue weighted by molar-refractivity contribution is 5.76. The molecule has 0 bridgehead atoms. The minimum absolute atomic E-state index is 0.141. The first-order valence-electron chi connectivity index (χ1n) is 6.21. The van der Waals surface area contributed by atoms with Gasteiger partial charge in [-0.2, -0.15) is 0 Å². The SMILES string of the molecule is COCC(C)CC(=O)NCC[C@@H]1CCCN1. The number of hydrogen-bond acceptors (Lipinski definition) is 3. The Morgan fingerprint density at radius 3 is 3.06 bits per heavy atom. The fourth-order valence-electron chi connectivity index (χ4n) is 2.12. The van der Waals surface area contributed by atoms with Gasteiger partial charge in [0.1, 0.15) is 0 Å². The molecule has 0 spiro atoms. The van der Waals surface area contributed by atoms with Gasteiger partial charge in [0.2, 0.25) is 5.91 Å². The van der Waals surface area contributed by atoms with Gasteiger partial charge < -0.3 is 15.4 Å². The van der Waals surface area contributed by atoms with E-state index in [1.807, 2.05) is 6.92 Å². The van der Waals surface area contributed by atoms with E-state index in [4.69, 9.17) is 4.74 Å². The van der Waals surface area contributed by atoms with E-state index in [9.17, 15) is 4.79 Å². The Balaban J connectivity index is 2.01. The Hall–Kier alpha value is -0.610. The van der Waals surface area contributed by atoms with E-state index in [1.165, 1.54) is 12.8 Å². The molecular formula is C12H24N2O2. The van der Waals surface area contributed by atoms with E-state index in [-0.39, 0.29) is 5.91 Å². The van der Waals surface area contributed by atoms with Crippen LogP contribution in [0.1, 0.15) is 32.6 Å². The molecule has 1 unspecified atom stereocenters. The van der Waals surface area contributed by atoms with Gasteiger partial charge in [0.25, 0.3) is 0 Å². The summed E-state index contributed by atoms with van der Waals surface area (Å²) in [6, 6.07) is 0.608. The Kier molecular flexibility index (Phi) is 6.42. The first-order chi connectivity index (χ1) is 7.72. The van der Waals surface area contributed by atoms with Gasteiger partial charge in [0.05, 0.1) is 0 Å². The molecule has 0 radical (unpaired) electrons. The van der Waals surface area contributed by atoms with Gasteiger partial charge in [-0.15, -0.1) is 0 Å². The van der Waals surface area contributed by atoms with Crippen LogP contribution in [-0.2, 0) is 9.53 Å². The number of ether oxygens (including phenoxy) is 1. The molecule has 0 saturated carbocycles. The fourth-order valence-corrected chi connectivity index (χ4v) is 2.12. The molecule has 1 heterocycles. The van der Waals surface area contributed by atoms with E-state index in [2.05, 4.69) is 10.6 Å². The van der Waals surface area contributed by atoms with Crippen LogP contribution in [0.25, 0.3) is 0 Å². The van der Waals surface area contributed by atoms with Crippen LogP contribution in [0, 0.1) is 5.92 Å². The maximum Gasteiger partial charge on any atom is 0.220 e. The van der Waals surface area contributed by atoms with Crippen LogP contribution in [-0.4, -0.2) is 38.8 Å². The maximum absolute atomic E-state index is 11.5. The van der Waals surface area contributed by atoms with Crippen molar-refractivity contribution in [2.24, 2.45) is 5.92 Å². The van der Waals surface area contributed by atoms with Crippen LogP contribution in [0.2, 0.25) is 0 Å². The molecule has 1 amide bonds. The third kappa shape index (κ3) is 5.47. The average molecular weight is 228 g/mol. The average Bonchev–Trinajstić information content (AvgIpc) is 2.70. The predicted molar refractivity (Wildman–Crippen MR) is 64.3 cm³/mol. The van der Waals surface area contributed by atoms with Gasteiger partial charge in [-0.25, -0.2) is 0 Å². The second-order valence-electron chi connectivity index (χ2n) is 4.70. The van der Waals surface area contributed by atoms with Crippen molar-refractivity contribution in [1.82, 2.24) is 10.6 Å². The van der Waals surface area contributed by atoms with Crippen LogP contribution >= 0.6 is 0 Å². The second kappa shape index (κ2) is 7.63. The first-order valence-corrected chi connectivity index (χ1v) is 6.21. The Morgan fingerprint density at radius 2 is 2.44 bits per heavy atom. The summed E-state index contributed by atoms with van der Waals surface area (Å²) in [4.78, 5) is 11.5. The van der Waals surface area contributed by atoms with Gasteiger partial charge in [0, 0.05) is 32.7 Å². The van der Waals surface area contributed by atoms with E-state index in [0.717, 1.165) is 19.5 Å². The molecule has 1 fully saturated rings. The van der Waals surface area contributed by atoms with E-state index in [1.54, 1.807) is 7.11 Å². The monoisotopic (exact) mass is 228 g/mol. The lowest BCUT2D eigenvalue weighted by atomic mass is 10.1. The molecule has 1 saturated heterocycles. The number of nitrogens with one attached hydrogen (secondary N) is 2. The normalized spacial score (nSPS) is 22.0. The zero-order valence-electron chi connectivity index (χ0n) is 10.4. The number of rotatable bonds is 7. The summed E-state index contributed by atoms with van der Waals surface area (Å²) >= 11 is 0. The second-order valence-corrected chi connectivity index (χ2v) is 4.70. The van der Waals surface area contributed by atoms with Crippen molar-refractivity contribution in [3.05, 3.63) is 0 Å². The molecule has 0 aromatic carbocycles. The van der Waals surface area contributed by atoms with Crippen molar-refractivity contribution in [2.45, 2.75) is 38.6 Å². The maximum atomic E-state index is 11.5. The summed E-state index contributed by atoms with van der Waals surface area (Å²) in [6.07, 6.45) is 4.12. The number of carbonyl (C=O) groups excluding carboxylic acids is 1. The van der Waals surface area contributed by atoms with Crippen LogP contribution in [0.4, 0.5) is 0 Å². The molecule has 1 aliphatic rings. The minimum Gasteiger partial charge on any atom is -0.384 e. The standard InChI is InChI=1S/C12H24N2O2/c1-10(9-16-2)8-12(15)14-7-5-11-4-3-6-13-11/h10-11,13H,3-9H2,1-2H3,(H,14,15)/t10?,11-/m0/s1. The van der Waals surface area contributed by atoms with Crippen LogP contribution in [0.15, 0.2) is 0 Å². The first kappa shape index (κ1) is 13.5. The van der Waals surface area contributed by atoms with Crippen molar-refractivity contribution in [3.8, 4) is 0 Å². The van der Waals surface area contributed by atoms with Gasteiger partial charge in [0.15, 0.2) is 0 Å². The highest BCUT2D eigenvalue weighted by atomic mass is 16.5. The highest BCUT2D eigenvalue weighted by Crippen LogP contribution is 2.07. The zero-order valence-corrected chi connectivity index (χ0v) is 10.4. The molecule has 0 aromatic rings. The molecule has 2 atom stereocenters. The third-order valence-electron chi connectivity index (χ3n) is 2.96. The molecule has 16 heavy (non-hydrogen) atoms. The van der Waals surface area contributed by atoms with Gasteiger partial charge in [-0.3, -0.25) is 4.79 Å². The summed E-state index contributed by atoms with van der Waals surface area (Å²) in [6.45, 7) is 4.60. The molecule has 1 aliphatic heterocycles. The zero-order chi connectivity index (χ0) is 11.8. The van der Waals surface area contributed by atoms with Crippen LogP contribution in [0.5, 0.6) is 0 Å². The van der Waals surface area contributed by atoms with E-state index < -0.39 is 0 Å². The minimum atomic E-state index is 0.141. The lowest BCUT2D eigenvalue weighted by Gasteiger charge is -2.12. The molecule has 4 heteroatoms. The number of carbonyl (C=O) groups is 1. The smallest absolute Gasteiger partial charge is 0.220 e. The van der Waals surface area contributed by atoms with Crippen LogP contribution in [0.3, 0.4) is 0 Å². The molecule has 0 aromatic heterocycles. The van der Waals surface area contributed by atoms with Crippen molar-refractivity contribution < 1.29 is 9.53 Å². The Labute approximate surface area is 98.1 Å². The fraction of sp³-hybridized carbons (Fsp3) is 0.917. The molecular weight excluding hydrogens is 204 g/mol. The van der Waals surface area contributed by atoms with Crippen molar-refractivity contribution in [3.63, 3.8) is 0 Å². The van der Waals surface area contributed by atoms with Crippen molar-refractivity contribution in [1.29, 1.82) is 0 Å². The predicted octanol–water partition coefficient (Wildman–Crippen LogP) is 0.917. The number of hydrogen-bond donors (Lipinski definition) is 2. The van der Waals surface area contributed by atoms with Crippen molar-refractivity contribution >= 4 is 5.91 Å². The topological polar surface area (TPSA) is 50.4 Å². The van der Waals surface area contributed by atoms with Gasteiger partial charge in [-0.05, 0) is 31.7 Å². The summed E-state index contributed by atoms with van der Waals surface area (Å²) in [5, 5.41) is 6.38. The summed E-state index contributed by atoms with van der Waals surface area (Å²) in [5.41, 5.74) is 0. The Morgan fingerprint density at radius 1 is 1.62 bits per heavy atom. The lowest BCUT2D eigenvalue weighted by Crippen LogP contribution is -2.31. The third-order valence-corrected chi connectivity index (χ3v) is 2.96. The van der Waals surface area contributed by atoms with Crippen LogP contribution < -0.4 is 10.6 Å². The largest absolute Gasteiger partial charge is 0.384 e. The summed E-state index contributed by atoms with van der Waals surface area (Å²) in [7, 11) is 1.67. The molecule has 0 aliphatic carbocycles. The lowest BCUT2D eigenvalue weighted by molar-refractivity contribution is -0.122. The van der Waals surface area contributed by atoms with Gasteiger partial charge >= 0.3 is 0 Å². The number of methoxy groups -OCH3 is 1. The van der Waals surface area contributed by atoms with E-state index >= 15 is 0 Å². The Bertz CT molecular complexity index is 203. The van der Waals surface area contributed by atoms with Crippen molar-refractivity contribution in [2.75, 3.05) is 26.8 Å². The molecule has 1 rings (SSSR count). The molecule has 4 nitrogen and oxygen atoms in total. The molecule has 94 valence electrons. The quantitative estimate of drug-likeness (QED) is 0.681. The molecule has 2 N–H and O–H groups in total. The van der Waals surface area contributed by atoms with E-state index in [0.29, 0.717) is 25.0 Å². The summed E-state index contributed by atoms with van der Waals surface area (Å²) < 4.78 is 5.00. The van der Waals surface area contributed by atoms with Gasteiger partial charge in [-0.1, -0.05) is 6.92 Å². The number of amides is 1. The highest BCUT2D eigenvalue weighted by Gasteiger charge is 2.14. The summed E-state index contributed by atoms with van der Waals surface area (Å²) in [5.74, 6) is 0.442.